The van der Waals surface area contributed by atoms with Crippen LogP contribution in [0.1, 0.15) is 5.56 Å². The number of amides is 1. The maximum atomic E-state index is 12.9. The van der Waals surface area contributed by atoms with Crippen LogP contribution in [0.2, 0.25) is 0 Å². The fourth-order valence-electron chi connectivity index (χ4n) is 2.67. The molecule has 0 aliphatic carbocycles. The average molecular weight is 401 g/mol. The highest BCUT2D eigenvalue weighted by Crippen LogP contribution is 2.23. The molecule has 1 atom stereocenters. The van der Waals surface area contributed by atoms with Crippen LogP contribution in [0.3, 0.4) is 0 Å². The molecule has 146 valence electrons. The normalized spacial score (nSPS) is 11.8. The topological polar surface area (TPSA) is 73.2 Å². The molecule has 1 N–H and O–H groups in total. The third-order valence-corrected chi connectivity index (χ3v) is 5.51. The Morgan fingerprint density at radius 3 is 2.50 bits per heavy atom. The third kappa shape index (κ3) is 4.64. The van der Waals surface area contributed by atoms with Gasteiger partial charge in [0.25, 0.3) is 0 Å². The molecule has 0 saturated heterocycles. The molecule has 3 rings (SSSR count). The first-order valence-corrected chi connectivity index (χ1v) is 9.85. The fourth-order valence-corrected chi connectivity index (χ4v) is 3.72. The highest BCUT2D eigenvalue weighted by molar-refractivity contribution is 7.85. The summed E-state index contributed by atoms with van der Waals surface area (Å²) in [6.45, 7) is 0.244. The summed E-state index contributed by atoms with van der Waals surface area (Å²) < 4.78 is 32.3. The van der Waals surface area contributed by atoms with Crippen molar-refractivity contribution in [3.05, 3.63) is 66.1 Å². The summed E-state index contributed by atoms with van der Waals surface area (Å²) in [4.78, 5) is 16.3. The van der Waals surface area contributed by atoms with Crippen LogP contribution < -0.4 is 10.1 Å². The molecule has 1 heterocycles. The van der Waals surface area contributed by atoms with Gasteiger partial charge in [-0.1, -0.05) is 12.1 Å². The number of methoxy groups -OCH3 is 1. The molecule has 0 spiro atoms. The monoisotopic (exact) mass is 401 g/mol. The number of halogens is 1. The molecule has 1 amide bonds. The van der Waals surface area contributed by atoms with E-state index in [1.54, 1.807) is 37.1 Å². The fraction of sp³-hybridized carbons (Fsp3) is 0.200. The number of carbonyl (C=O) groups is 1. The lowest BCUT2D eigenvalue weighted by molar-refractivity contribution is -0.118. The Balaban J connectivity index is 1.63. The van der Waals surface area contributed by atoms with E-state index in [9.17, 15) is 13.4 Å². The lowest BCUT2D eigenvalue weighted by Crippen LogP contribution is -2.28. The number of rotatable bonds is 7. The van der Waals surface area contributed by atoms with Crippen LogP contribution in [-0.2, 0) is 29.2 Å². The van der Waals surface area contributed by atoms with Crippen LogP contribution >= 0.6 is 0 Å². The Labute approximate surface area is 164 Å². The standard InChI is InChI=1S/C20H20FN3O3S/c1-24-18(15-5-9-17(27-2)10-6-15)12-23-20(24)28(26)13-19(25)22-11-14-3-7-16(21)8-4-14/h3-10,12H,11,13H2,1-2H3,(H,22,25)/t28-/m1/s1. The Bertz CT molecular complexity index is 985. The summed E-state index contributed by atoms with van der Waals surface area (Å²) in [5.74, 6) is -0.156. The van der Waals surface area contributed by atoms with Crippen molar-refractivity contribution in [3.63, 3.8) is 0 Å². The van der Waals surface area contributed by atoms with Gasteiger partial charge < -0.3 is 14.6 Å². The highest BCUT2D eigenvalue weighted by atomic mass is 32.2. The largest absolute Gasteiger partial charge is 0.497 e. The van der Waals surface area contributed by atoms with Gasteiger partial charge in [-0.3, -0.25) is 9.00 Å². The lowest BCUT2D eigenvalue weighted by atomic mass is 10.1. The Kier molecular flexibility index (Phi) is 6.20. The highest BCUT2D eigenvalue weighted by Gasteiger charge is 2.17. The van der Waals surface area contributed by atoms with Gasteiger partial charge in [0.05, 0.1) is 29.8 Å². The van der Waals surface area contributed by atoms with E-state index in [0.717, 1.165) is 22.6 Å². The van der Waals surface area contributed by atoms with E-state index < -0.39 is 10.8 Å². The minimum atomic E-state index is -1.59. The quantitative estimate of drug-likeness (QED) is 0.661. The second kappa shape index (κ2) is 8.79. The molecule has 0 fully saturated rings. The van der Waals surface area contributed by atoms with Gasteiger partial charge in [0.2, 0.25) is 5.91 Å². The first-order valence-electron chi connectivity index (χ1n) is 8.53. The molecular formula is C20H20FN3O3S. The van der Waals surface area contributed by atoms with Crippen molar-refractivity contribution in [1.82, 2.24) is 14.9 Å². The summed E-state index contributed by atoms with van der Waals surface area (Å²) in [5, 5.41) is 3.01. The molecule has 1 aromatic heterocycles. The summed E-state index contributed by atoms with van der Waals surface area (Å²) >= 11 is 0. The predicted octanol–water partition coefficient (Wildman–Crippen LogP) is 2.66. The van der Waals surface area contributed by atoms with Crippen molar-refractivity contribution in [2.24, 2.45) is 7.05 Å². The minimum absolute atomic E-state index is 0.200. The summed E-state index contributed by atoms with van der Waals surface area (Å²) in [5.41, 5.74) is 2.46. The smallest absolute Gasteiger partial charge is 0.233 e. The maximum Gasteiger partial charge on any atom is 0.233 e. The molecule has 28 heavy (non-hydrogen) atoms. The molecule has 2 aromatic carbocycles. The minimum Gasteiger partial charge on any atom is -0.497 e. The van der Waals surface area contributed by atoms with Gasteiger partial charge in [0, 0.05) is 19.2 Å². The van der Waals surface area contributed by atoms with Gasteiger partial charge in [-0.05, 0) is 42.0 Å². The first kappa shape index (κ1) is 19.8. The number of nitrogens with one attached hydrogen (secondary N) is 1. The number of imidazole rings is 1. The van der Waals surface area contributed by atoms with Gasteiger partial charge in [-0.25, -0.2) is 9.37 Å². The van der Waals surface area contributed by atoms with Crippen LogP contribution in [0.25, 0.3) is 11.3 Å². The second-order valence-electron chi connectivity index (χ2n) is 6.11. The van der Waals surface area contributed by atoms with Crippen molar-refractivity contribution in [1.29, 1.82) is 0 Å². The lowest BCUT2D eigenvalue weighted by Gasteiger charge is -2.08. The average Bonchev–Trinajstić information content (AvgIpc) is 3.09. The van der Waals surface area contributed by atoms with Crippen LogP contribution in [0.15, 0.2) is 59.9 Å². The van der Waals surface area contributed by atoms with E-state index in [4.69, 9.17) is 4.74 Å². The number of nitrogens with zero attached hydrogens (tertiary/aromatic N) is 2. The van der Waals surface area contributed by atoms with Gasteiger partial charge in [-0.2, -0.15) is 0 Å². The number of aromatic nitrogens is 2. The van der Waals surface area contributed by atoms with Crippen molar-refractivity contribution < 1.29 is 18.1 Å². The third-order valence-electron chi connectivity index (χ3n) is 4.20. The van der Waals surface area contributed by atoms with E-state index >= 15 is 0 Å². The van der Waals surface area contributed by atoms with E-state index in [1.165, 1.54) is 12.1 Å². The number of hydrogen-bond acceptors (Lipinski definition) is 4. The molecule has 0 aliphatic heterocycles. The van der Waals surface area contributed by atoms with E-state index in [1.807, 2.05) is 24.3 Å². The van der Waals surface area contributed by atoms with E-state index in [-0.39, 0.29) is 24.0 Å². The Morgan fingerprint density at radius 1 is 1.18 bits per heavy atom. The van der Waals surface area contributed by atoms with Crippen molar-refractivity contribution in [2.45, 2.75) is 11.7 Å². The van der Waals surface area contributed by atoms with Crippen molar-refractivity contribution >= 4 is 16.7 Å². The van der Waals surface area contributed by atoms with Crippen LogP contribution in [0, 0.1) is 5.82 Å². The number of benzene rings is 2. The molecule has 6 nitrogen and oxygen atoms in total. The van der Waals surface area contributed by atoms with Crippen molar-refractivity contribution in [3.8, 4) is 17.0 Å². The van der Waals surface area contributed by atoms with Gasteiger partial charge >= 0.3 is 0 Å². The maximum absolute atomic E-state index is 12.9. The first-order chi connectivity index (χ1) is 13.5. The van der Waals surface area contributed by atoms with Gasteiger partial charge in [-0.15, -0.1) is 0 Å². The molecule has 8 heteroatoms. The van der Waals surface area contributed by atoms with Gasteiger partial charge in [0.1, 0.15) is 17.3 Å². The molecule has 0 radical (unpaired) electrons. The van der Waals surface area contributed by atoms with E-state index in [0.29, 0.717) is 5.16 Å². The molecule has 0 saturated carbocycles. The zero-order valence-corrected chi connectivity index (χ0v) is 16.3. The van der Waals surface area contributed by atoms with Crippen LogP contribution in [0.4, 0.5) is 4.39 Å². The zero-order valence-electron chi connectivity index (χ0n) is 15.5. The molecular weight excluding hydrogens is 381 g/mol. The van der Waals surface area contributed by atoms with Crippen molar-refractivity contribution in [2.75, 3.05) is 12.9 Å². The van der Waals surface area contributed by atoms with Crippen LogP contribution in [0.5, 0.6) is 5.75 Å². The number of hydrogen-bond donors (Lipinski definition) is 1. The number of ether oxygens (including phenoxy) is 1. The second-order valence-corrected chi connectivity index (χ2v) is 7.45. The Hall–Kier alpha value is -3.00. The molecule has 0 unspecified atom stereocenters. The van der Waals surface area contributed by atoms with Crippen LogP contribution in [-0.4, -0.2) is 32.5 Å². The van der Waals surface area contributed by atoms with Gasteiger partial charge in [0.15, 0.2) is 5.16 Å². The predicted molar refractivity (Wildman–Crippen MR) is 105 cm³/mol. The Morgan fingerprint density at radius 2 is 1.86 bits per heavy atom. The molecule has 0 bridgehead atoms. The number of carbonyl (C=O) groups excluding carboxylic acids is 1. The molecule has 3 aromatic rings. The SMILES string of the molecule is COc1ccc(-c2cnc([S@](=O)CC(=O)NCc3ccc(F)cc3)n2C)cc1. The zero-order chi connectivity index (χ0) is 20.1. The summed E-state index contributed by atoms with van der Waals surface area (Å²) in [7, 11) is 1.77. The molecule has 0 aliphatic rings. The summed E-state index contributed by atoms with van der Waals surface area (Å²) in [6, 6.07) is 13.3. The summed E-state index contributed by atoms with van der Waals surface area (Å²) in [6.07, 6.45) is 1.63. The van der Waals surface area contributed by atoms with E-state index in [2.05, 4.69) is 10.3 Å².